The number of nitrogens with zero attached hydrogens (tertiary/aromatic N) is 4. The highest BCUT2D eigenvalue weighted by molar-refractivity contribution is 6.00. The molecule has 0 bridgehead atoms. The lowest BCUT2D eigenvalue weighted by atomic mass is 10.1. The van der Waals surface area contributed by atoms with Gasteiger partial charge in [0.15, 0.2) is 5.82 Å². The first-order valence-corrected chi connectivity index (χ1v) is 7.95. The molecule has 0 N–H and O–H groups in total. The van der Waals surface area contributed by atoms with Crippen molar-refractivity contribution in [3.8, 4) is 11.4 Å². The summed E-state index contributed by atoms with van der Waals surface area (Å²) in [6.07, 6.45) is 1.97. The predicted octanol–water partition coefficient (Wildman–Crippen LogP) is 3.08. The Balaban J connectivity index is 1.77. The number of hydrogen-bond acceptors (Lipinski definition) is 4. The van der Waals surface area contributed by atoms with Crippen LogP contribution in [0.5, 0.6) is 0 Å². The number of amides is 1. The van der Waals surface area contributed by atoms with E-state index in [9.17, 15) is 9.18 Å². The second-order valence-electron chi connectivity index (χ2n) is 5.92. The van der Waals surface area contributed by atoms with Crippen molar-refractivity contribution in [2.24, 2.45) is 0 Å². The number of pyridine rings is 1. The molecule has 25 heavy (non-hydrogen) atoms. The van der Waals surface area contributed by atoms with E-state index in [4.69, 9.17) is 0 Å². The van der Waals surface area contributed by atoms with Gasteiger partial charge in [-0.2, -0.15) is 0 Å². The Morgan fingerprint density at radius 1 is 1.16 bits per heavy atom. The molecule has 0 aliphatic carbocycles. The smallest absolute Gasteiger partial charge is 0.233 e. The average molecular weight is 334 g/mol. The first-order valence-electron chi connectivity index (χ1n) is 7.95. The number of carbonyl (C=O) groups excluding carboxylic acids is 1. The van der Waals surface area contributed by atoms with Crippen molar-refractivity contribution in [1.29, 1.82) is 0 Å². The maximum Gasteiger partial charge on any atom is 0.233 e. The maximum atomic E-state index is 13.5. The second-order valence-corrected chi connectivity index (χ2v) is 5.92. The fraction of sp³-hybridized carbons (Fsp3) is 0.158. The number of aryl methyl sites for hydroxylation is 1. The van der Waals surface area contributed by atoms with E-state index in [-0.39, 0.29) is 18.1 Å². The second kappa shape index (κ2) is 6.05. The van der Waals surface area contributed by atoms with Crippen LogP contribution in [0, 0.1) is 12.7 Å². The van der Waals surface area contributed by atoms with Gasteiger partial charge >= 0.3 is 0 Å². The highest BCUT2D eigenvalue weighted by Gasteiger charge is 2.31. The van der Waals surface area contributed by atoms with Gasteiger partial charge in [-0.25, -0.2) is 14.4 Å². The number of benzene rings is 1. The Bertz CT molecular complexity index is 959. The summed E-state index contributed by atoms with van der Waals surface area (Å²) in [6, 6.07) is 11.7. The number of hydrogen-bond donors (Lipinski definition) is 0. The molecule has 6 heteroatoms. The lowest BCUT2D eigenvalue weighted by Gasteiger charge is -2.17. The average Bonchev–Trinajstić information content (AvgIpc) is 2.92. The predicted molar refractivity (Wildman–Crippen MR) is 91.3 cm³/mol. The molecule has 1 aliphatic rings. The number of carbonyl (C=O) groups is 1. The molecular formula is C19H15FN4O. The summed E-state index contributed by atoms with van der Waals surface area (Å²) < 4.78 is 13.5. The first kappa shape index (κ1) is 15.4. The van der Waals surface area contributed by atoms with Gasteiger partial charge in [0.2, 0.25) is 5.91 Å². The Morgan fingerprint density at radius 2 is 2.04 bits per heavy atom. The van der Waals surface area contributed by atoms with E-state index in [0.717, 1.165) is 17.0 Å². The molecule has 0 unspecified atom stereocenters. The van der Waals surface area contributed by atoms with Gasteiger partial charge in [-0.15, -0.1) is 0 Å². The van der Waals surface area contributed by atoms with Crippen LogP contribution in [0.2, 0.25) is 0 Å². The maximum absolute atomic E-state index is 13.5. The highest BCUT2D eigenvalue weighted by Crippen LogP contribution is 2.32. The Kier molecular flexibility index (Phi) is 3.72. The quantitative estimate of drug-likeness (QED) is 0.738. The SMILES string of the molecule is Cc1nc(-c2cccc(F)c2)nc2c1CC(=O)N2Cc1ccccn1. The molecular weight excluding hydrogens is 319 g/mol. The number of fused-ring (bicyclic) bond motifs is 1. The molecule has 5 nitrogen and oxygen atoms in total. The van der Waals surface area contributed by atoms with Gasteiger partial charge in [-0.1, -0.05) is 18.2 Å². The molecule has 0 fully saturated rings. The monoisotopic (exact) mass is 334 g/mol. The van der Waals surface area contributed by atoms with Crippen LogP contribution in [0.1, 0.15) is 17.0 Å². The van der Waals surface area contributed by atoms with Crippen LogP contribution in [0.25, 0.3) is 11.4 Å². The number of anilines is 1. The Morgan fingerprint density at radius 3 is 2.80 bits per heavy atom. The van der Waals surface area contributed by atoms with Crippen LogP contribution in [-0.2, 0) is 17.8 Å². The summed E-state index contributed by atoms with van der Waals surface area (Å²) in [5.74, 6) is 0.619. The van der Waals surface area contributed by atoms with E-state index >= 15 is 0 Å². The summed E-state index contributed by atoms with van der Waals surface area (Å²) in [7, 11) is 0. The molecule has 0 saturated carbocycles. The zero-order valence-electron chi connectivity index (χ0n) is 13.6. The van der Waals surface area contributed by atoms with Crippen LogP contribution in [0.3, 0.4) is 0 Å². The summed E-state index contributed by atoms with van der Waals surface area (Å²) in [5.41, 5.74) is 2.93. The third kappa shape index (κ3) is 2.87. The summed E-state index contributed by atoms with van der Waals surface area (Å²) in [6.45, 7) is 2.20. The van der Waals surface area contributed by atoms with Crippen molar-refractivity contribution in [2.45, 2.75) is 19.9 Å². The summed E-state index contributed by atoms with van der Waals surface area (Å²) in [5, 5.41) is 0. The lowest BCUT2D eigenvalue weighted by molar-refractivity contribution is -0.117. The molecule has 3 heterocycles. The molecule has 3 aromatic rings. The number of rotatable bonds is 3. The Labute approximate surface area is 144 Å². The van der Waals surface area contributed by atoms with E-state index in [1.807, 2.05) is 25.1 Å². The topological polar surface area (TPSA) is 59.0 Å². The first-order chi connectivity index (χ1) is 12.1. The molecule has 2 aromatic heterocycles. The molecule has 1 amide bonds. The summed E-state index contributed by atoms with van der Waals surface area (Å²) >= 11 is 0. The van der Waals surface area contributed by atoms with Gasteiger partial charge in [-0.05, 0) is 31.2 Å². The van der Waals surface area contributed by atoms with Crippen LogP contribution in [-0.4, -0.2) is 20.9 Å². The summed E-state index contributed by atoms with van der Waals surface area (Å²) in [4.78, 5) is 27.4. The zero-order valence-corrected chi connectivity index (χ0v) is 13.6. The van der Waals surface area contributed by atoms with Gasteiger partial charge in [-0.3, -0.25) is 14.7 Å². The van der Waals surface area contributed by atoms with Crippen molar-refractivity contribution >= 4 is 11.7 Å². The minimum atomic E-state index is -0.347. The Hall–Kier alpha value is -3.15. The molecule has 0 saturated heterocycles. The minimum Gasteiger partial charge on any atom is -0.290 e. The van der Waals surface area contributed by atoms with Crippen molar-refractivity contribution in [3.05, 3.63) is 71.4 Å². The minimum absolute atomic E-state index is 0.0329. The van der Waals surface area contributed by atoms with E-state index in [0.29, 0.717) is 23.8 Å². The lowest BCUT2D eigenvalue weighted by Crippen LogP contribution is -2.27. The van der Waals surface area contributed by atoms with Gasteiger partial charge in [0.1, 0.15) is 11.6 Å². The molecule has 0 radical (unpaired) electrons. The van der Waals surface area contributed by atoms with E-state index < -0.39 is 0 Å². The van der Waals surface area contributed by atoms with Gasteiger partial charge in [0.25, 0.3) is 0 Å². The van der Waals surface area contributed by atoms with Gasteiger partial charge in [0.05, 0.1) is 18.7 Å². The molecule has 124 valence electrons. The molecule has 1 aliphatic heterocycles. The van der Waals surface area contributed by atoms with E-state index in [1.165, 1.54) is 12.1 Å². The normalized spacial score (nSPS) is 13.2. The van der Waals surface area contributed by atoms with Crippen molar-refractivity contribution < 1.29 is 9.18 Å². The molecule has 0 atom stereocenters. The molecule has 0 spiro atoms. The van der Waals surface area contributed by atoms with Crippen LogP contribution >= 0.6 is 0 Å². The van der Waals surface area contributed by atoms with E-state index in [2.05, 4.69) is 15.0 Å². The third-order valence-electron chi connectivity index (χ3n) is 4.21. The fourth-order valence-corrected chi connectivity index (χ4v) is 2.95. The molecule has 4 rings (SSSR count). The van der Waals surface area contributed by atoms with Crippen LogP contribution in [0.15, 0.2) is 48.7 Å². The van der Waals surface area contributed by atoms with Crippen molar-refractivity contribution in [2.75, 3.05) is 4.90 Å². The van der Waals surface area contributed by atoms with Crippen molar-refractivity contribution in [3.63, 3.8) is 0 Å². The zero-order chi connectivity index (χ0) is 17.4. The van der Waals surface area contributed by atoms with Crippen LogP contribution in [0.4, 0.5) is 10.2 Å². The fourth-order valence-electron chi connectivity index (χ4n) is 2.95. The van der Waals surface area contributed by atoms with Gasteiger partial charge < -0.3 is 0 Å². The van der Waals surface area contributed by atoms with Gasteiger partial charge in [0, 0.05) is 23.0 Å². The molecule has 1 aromatic carbocycles. The van der Waals surface area contributed by atoms with E-state index in [1.54, 1.807) is 23.2 Å². The number of halogens is 1. The standard InChI is InChI=1S/C19H15FN4O/c1-12-16-10-17(25)24(11-15-7-2-3-8-21-15)19(16)23-18(22-12)13-5-4-6-14(20)9-13/h2-9H,10-11H2,1H3. The van der Waals surface area contributed by atoms with Crippen LogP contribution < -0.4 is 4.90 Å². The van der Waals surface area contributed by atoms with Crippen molar-refractivity contribution in [1.82, 2.24) is 15.0 Å². The largest absolute Gasteiger partial charge is 0.290 e. The highest BCUT2D eigenvalue weighted by atomic mass is 19.1. The number of aromatic nitrogens is 3. The third-order valence-corrected chi connectivity index (χ3v) is 4.21.